The summed E-state index contributed by atoms with van der Waals surface area (Å²) in [6, 6.07) is 15.6. The van der Waals surface area contributed by atoms with E-state index in [9.17, 15) is 8.42 Å². The Morgan fingerprint density at radius 3 is 2.25 bits per heavy atom. The Kier molecular flexibility index (Phi) is 4.57. The lowest BCUT2D eigenvalue weighted by molar-refractivity contribution is 0.596. The first-order chi connectivity index (χ1) is 9.55. The molecule has 0 aliphatic heterocycles. The maximum absolute atomic E-state index is 11.6. The van der Waals surface area contributed by atoms with E-state index in [1.807, 2.05) is 48.5 Å². The highest BCUT2D eigenvalue weighted by atomic mass is 32.2. The third kappa shape index (κ3) is 3.46. The van der Waals surface area contributed by atoms with E-state index in [4.69, 9.17) is 5.73 Å². The Balaban J connectivity index is 2.29. The van der Waals surface area contributed by atoms with Crippen LogP contribution in [0, 0.1) is 0 Å². The van der Waals surface area contributed by atoms with Gasteiger partial charge >= 0.3 is 0 Å². The zero-order valence-corrected chi connectivity index (χ0v) is 12.4. The van der Waals surface area contributed by atoms with E-state index in [2.05, 4.69) is 0 Å². The number of hydrogen-bond donors (Lipinski definition) is 1. The van der Waals surface area contributed by atoms with Gasteiger partial charge in [-0.3, -0.25) is 0 Å². The first-order valence-corrected chi connectivity index (χ1v) is 8.45. The maximum atomic E-state index is 11.6. The van der Waals surface area contributed by atoms with Gasteiger partial charge in [0, 0.05) is 12.3 Å². The summed E-state index contributed by atoms with van der Waals surface area (Å²) in [5.74, 6) is 0.271. The lowest BCUT2D eigenvalue weighted by Gasteiger charge is -2.09. The summed E-state index contributed by atoms with van der Waals surface area (Å²) in [6.45, 7) is 2.16. The number of hydrogen-bond acceptors (Lipinski definition) is 3. The summed E-state index contributed by atoms with van der Waals surface area (Å²) < 4.78 is 23.2. The standard InChI is InChI=1S/C16H19NO2S/c1-2-20(18,19)12-13-7-9-14(10-8-13)16-6-4-3-5-15(16)11-17/h3-10H,2,11-12,17H2,1H3. The third-order valence-electron chi connectivity index (χ3n) is 3.33. The van der Waals surface area contributed by atoms with Crippen LogP contribution in [0.5, 0.6) is 0 Å². The van der Waals surface area contributed by atoms with Crippen molar-refractivity contribution in [2.24, 2.45) is 5.73 Å². The number of benzene rings is 2. The molecule has 2 aromatic carbocycles. The minimum atomic E-state index is -2.98. The molecular weight excluding hydrogens is 270 g/mol. The molecule has 3 nitrogen and oxygen atoms in total. The molecule has 0 atom stereocenters. The van der Waals surface area contributed by atoms with E-state index >= 15 is 0 Å². The van der Waals surface area contributed by atoms with Crippen molar-refractivity contribution in [2.45, 2.75) is 19.2 Å². The van der Waals surface area contributed by atoms with Crippen molar-refractivity contribution in [3.63, 3.8) is 0 Å². The Hall–Kier alpha value is -1.65. The molecule has 0 aromatic heterocycles. The summed E-state index contributed by atoms with van der Waals surface area (Å²) >= 11 is 0. The fourth-order valence-electron chi connectivity index (χ4n) is 2.12. The second-order valence-electron chi connectivity index (χ2n) is 4.73. The minimum absolute atomic E-state index is 0.0995. The molecule has 2 aromatic rings. The molecule has 0 saturated carbocycles. The first-order valence-electron chi connectivity index (χ1n) is 6.63. The highest BCUT2D eigenvalue weighted by molar-refractivity contribution is 7.90. The highest BCUT2D eigenvalue weighted by Crippen LogP contribution is 2.24. The van der Waals surface area contributed by atoms with Gasteiger partial charge in [-0.15, -0.1) is 0 Å². The Morgan fingerprint density at radius 2 is 1.65 bits per heavy atom. The second kappa shape index (κ2) is 6.20. The average Bonchev–Trinajstić information content (AvgIpc) is 2.48. The fourth-order valence-corrected chi connectivity index (χ4v) is 3.02. The van der Waals surface area contributed by atoms with Crippen molar-refractivity contribution in [1.82, 2.24) is 0 Å². The van der Waals surface area contributed by atoms with Gasteiger partial charge in [0.25, 0.3) is 0 Å². The van der Waals surface area contributed by atoms with Gasteiger partial charge < -0.3 is 5.73 Å². The molecule has 0 unspecified atom stereocenters. The monoisotopic (exact) mass is 289 g/mol. The van der Waals surface area contributed by atoms with Gasteiger partial charge in [0.15, 0.2) is 9.84 Å². The van der Waals surface area contributed by atoms with Crippen LogP contribution in [0.15, 0.2) is 48.5 Å². The molecule has 0 aliphatic carbocycles. The van der Waals surface area contributed by atoms with Crippen LogP contribution < -0.4 is 5.73 Å². The molecule has 0 heterocycles. The van der Waals surface area contributed by atoms with E-state index in [0.29, 0.717) is 6.54 Å². The van der Waals surface area contributed by atoms with Crippen molar-refractivity contribution in [2.75, 3.05) is 5.75 Å². The van der Waals surface area contributed by atoms with Gasteiger partial charge in [0.05, 0.1) is 5.75 Å². The predicted molar refractivity (Wildman–Crippen MR) is 82.9 cm³/mol. The van der Waals surface area contributed by atoms with E-state index in [1.54, 1.807) is 6.92 Å². The number of nitrogens with two attached hydrogens (primary N) is 1. The van der Waals surface area contributed by atoms with Gasteiger partial charge in [-0.25, -0.2) is 8.42 Å². The molecule has 0 fully saturated rings. The van der Waals surface area contributed by atoms with Crippen LogP contribution in [0.25, 0.3) is 11.1 Å². The summed E-state index contributed by atoms with van der Waals surface area (Å²) in [5, 5.41) is 0. The summed E-state index contributed by atoms with van der Waals surface area (Å²) in [5.41, 5.74) is 9.80. The maximum Gasteiger partial charge on any atom is 0.154 e. The first kappa shape index (κ1) is 14.8. The third-order valence-corrected chi connectivity index (χ3v) is 4.98. The molecule has 0 saturated heterocycles. The van der Waals surface area contributed by atoms with Gasteiger partial charge in [0.1, 0.15) is 0 Å². The predicted octanol–water partition coefficient (Wildman–Crippen LogP) is 2.75. The van der Waals surface area contributed by atoms with E-state index in [-0.39, 0.29) is 11.5 Å². The van der Waals surface area contributed by atoms with Crippen LogP contribution in [0.2, 0.25) is 0 Å². The second-order valence-corrected chi connectivity index (χ2v) is 7.09. The average molecular weight is 289 g/mol. The summed E-state index contributed by atoms with van der Waals surface area (Å²) in [4.78, 5) is 0. The molecule has 2 N–H and O–H groups in total. The number of rotatable bonds is 5. The largest absolute Gasteiger partial charge is 0.326 e. The van der Waals surface area contributed by atoms with Crippen molar-refractivity contribution in [3.8, 4) is 11.1 Å². The van der Waals surface area contributed by atoms with Crippen LogP contribution in [-0.4, -0.2) is 14.2 Å². The van der Waals surface area contributed by atoms with Gasteiger partial charge in [-0.1, -0.05) is 55.5 Å². The van der Waals surface area contributed by atoms with Crippen molar-refractivity contribution < 1.29 is 8.42 Å². The molecule has 106 valence electrons. The van der Waals surface area contributed by atoms with Crippen LogP contribution in [0.1, 0.15) is 18.1 Å². The smallest absolute Gasteiger partial charge is 0.154 e. The Morgan fingerprint density at radius 1 is 1.00 bits per heavy atom. The van der Waals surface area contributed by atoms with Gasteiger partial charge in [-0.05, 0) is 22.3 Å². The SMILES string of the molecule is CCS(=O)(=O)Cc1ccc(-c2ccccc2CN)cc1. The fraction of sp³-hybridized carbons (Fsp3) is 0.250. The van der Waals surface area contributed by atoms with E-state index < -0.39 is 9.84 Å². The molecule has 0 spiro atoms. The molecule has 0 amide bonds. The van der Waals surface area contributed by atoms with Crippen LogP contribution in [0.4, 0.5) is 0 Å². The summed E-state index contributed by atoms with van der Waals surface area (Å²) in [6.07, 6.45) is 0. The van der Waals surface area contributed by atoms with Crippen molar-refractivity contribution in [3.05, 3.63) is 59.7 Å². The molecule has 20 heavy (non-hydrogen) atoms. The molecule has 2 rings (SSSR count). The van der Waals surface area contributed by atoms with E-state index in [0.717, 1.165) is 22.3 Å². The molecular formula is C16H19NO2S. The quantitative estimate of drug-likeness (QED) is 0.920. The van der Waals surface area contributed by atoms with Crippen molar-refractivity contribution >= 4 is 9.84 Å². The summed E-state index contributed by atoms with van der Waals surface area (Å²) in [7, 11) is -2.98. The van der Waals surface area contributed by atoms with Crippen LogP contribution in [0.3, 0.4) is 0 Å². The van der Waals surface area contributed by atoms with E-state index in [1.165, 1.54) is 0 Å². The molecule has 0 bridgehead atoms. The zero-order chi connectivity index (χ0) is 14.6. The minimum Gasteiger partial charge on any atom is -0.326 e. The molecule has 0 radical (unpaired) electrons. The Bertz CT molecular complexity index is 676. The van der Waals surface area contributed by atoms with Gasteiger partial charge in [0.2, 0.25) is 0 Å². The molecule has 0 aliphatic rings. The molecule has 4 heteroatoms. The zero-order valence-electron chi connectivity index (χ0n) is 11.5. The lowest BCUT2D eigenvalue weighted by Crippen LogP contribution is -2.06. The highest BCUT2D eigenvalue weighted by Gasteiger charge is 2.09. The van der Waals surface area contributed by atoms with Crippen molar-refractivity contribution in [1.29, 1.82) is 0 Å². The number of sulfone groups is 1. The Labute approximate surface area is 120 Å². The topological polar surface area (TPSA) is 60.2 Å². The van der Waals surface area contributed by atoms with Gasteiger partial charge in [-0.2, -0.15) is 0 Å². The van der Waals surface area contributed by atoms with Crippen LogP contribution in [-0.2, 0) is 22.1 Å². The lowest BCUT2D eigenvalue weighted by atomic mass is 9.99. The normalized spacial score (nSPS) is 11.5. The van der Waals surface area contributed by atoms with Crippen LogP contribution >= 0.6 is 0 Å².